The second-order valence-electron chi connectivity index (χ2n) is 7.29. The fourth-order valence-electron chi connectivity index (χ4n) is 3.25. The van der Waals surface area contributed by atoms with Crippen molar-refractivity contribution in [1.29, 1.82) is 0 Å². The number of hydrogen-bond acceptors (Lipinski definition) is 5. The minimum atomic E-state index is -0.464. The normalized spacial score (nSPS) is 27.5. The van der Waals surface area contributed by atoms with Gasteiger partial charge < -0.3 is 14.5 Å². The highest BCUT2D eigenvalue weighted by atomic mass is 32.2. The molecule has 3 rings (SSSR count). The number of esters is 1. The van der Waals surface area contributed by atoms with Gasteiger partial charge in [0.05, 0.1) is 11.5 Å². The van der Waals surface area contributed by atoms with Crippen molar-refractivity contribution in [3.05, 3.63) is 0 Å². The average molecular weight is 328 g/mol. The summed E-state index contributed by atoms with van der Waals surface area (Å²) >= 11 is 1.34. The molecule has 0 spiro atoms. The van der Waals surface area contributed by atoms with Crippen LogP contribution in [0, 0.1) is 5.92 Å². The number of likely N-dealkylation sites (N-methyl/N-ethyl adjacent to an activating group) is 1. The molecule has 0 aromatic rings. The molecule has 0 radical (unpaired) electrons. The number of ether oxygens (including phenoxy) is 1. The van der Waals surface area contributed by atoms with Crippen molar-refractivity contribution in [3.63, 3.8) is 0 Å². The summed E-state index contributed by atoms with van der Waals surface area (Å²) in [5, 5.41) is 0. The number of fused-ring (bicyclic) bond motifs is 3. The van der Waals surface area contributed by atoms with Crippen molar-refractivity contribution in [2.75, 3.05) is 38.2 Å². The average Bonchev–Trinajstić information content (AvgIpc) is 2.45. The van der Waals surface area contributed by atoms with Gasteiger partial charge in [-0.15, -0.1) is 11.8 Å². The van der Waals surface area contributed by atoms with Crippen LogP contribution in [-0.4, -0.2) is 71.5 Å². The Balaban J connectivity index is 1.72. The van der Waals surface area contributed by atoms with Crippen LogP contribution in [0.15, 0.2) is 0 Å². The van der Waals surface area contributed by atoms with E-state index in [2.05, 4.69) is 4.90 Å². The number of hydrogen-bond donors (Lipinski definition) is 0. The topological polar surface area (TPSA) is 49.9 Å². The monoisotopic (exact) mass is 328 g/mol. The van der Waals surface area contributed by atoms with Gasteiger partial charge in [0.2, 0.25) is 5.91 Å². The highest BCUT2D eigenvalue weighted by molar-refractivity contribution is 8.00. The van der Waals surface area contributed by atoms with E-state index < -0.39 is 5.60 Å². The van der Waals surface area contributed by atoms with Gasteiger partial charge in [-0.2, -0.15) is 0 Å². The van der Waals surface area contributed by atoms with E-state index in [0.29, 0.717) is 17.7 Å². The number of nitrogens with zero attached hydrogens (tertiary/aromatic N) is 2. The molecule has 5 nitrogen and oxygen atoms in total. The van der Waals surface area contributed by atoms with Crippen molar-refractivity contribution in [2.24, 2.45) is 5.92 Å². The molecule has 3 heterocycles. The zero-order valence-corrected chi connectivity index (χ0v) is 14.9. The van der Waals surface area contributed by atoms with Gasteiger partial charge in [0.15, 0.2) is 0 Å². The molecule has 3 saturated heterocycles. The van der Waals surface area contributed by atoms with E-state index in [1.165, 1.54) is 37.7 Å². The molecule has 3 aliphatic heterocycles. The minimum absolute atomic E-state index is 0.118. The van der Waals surface area contributed by atoms with Gasteiger partial charge in [-0.3, -0.25) is 9.59 Å². The highest BCUT2D eigenvalue weighted by Crippen LogP contribution is 2.30. The Labute approximate surface area is 137 Å². The maximum atomic E-state index is 12.3. The van der Waals surface area contributed by atoms with Crippen LogP contribution in [-0.2, 0) is 14.3 Å². The van der Waals surface area contributed by atoms with Crippen LogP contribution >= 0.6 is 11.8 Å². The fourth-order valence-corrected chi connectivity index (χ4v) is 3.96. The Morgan fingerprint density at radius 1 is 1.23 bits per heavy atom. The van der Waals surface area contributed by atoms with Crippen molar-refractivity contribution in [3.8, 4) is 0 Å². The summed E-state index contributed by atoms with van der Waals surface area (Å²) in [7, 11) is 1.91. The third-order valence-electron chi connectivity index (χ3n) is 4.38. The molecule has 0 aliphatic carbocycles. The van der Waals surface area contributed by atoms with Crippen LogP contribution in [0.25, 0.3) is 0 Å². The smallest absolute Gasteiger partial charge is 0.316 e. The molecule has 3 fully saturated rings. The molecule has 2 bridgehead atoms. The first-order valence-electron chi connectivity index (χ1n) is 8.04. The Kier molecular flexibility index (Phi) is 5.77. The SMILES string of the molecule is CN(C(=O)CSCC(=O)OC(C)(C)C)C1CN2CCC1CC2. The predicted molar refractivity (Wildman–Crippen MR) is 88.9 cm³/mol. The molecule has 1 amide bonds. The predicted octanol–water partition coefficient (Wildman–Crippen LogP) is 1.61. The number of rotatable bonds is 5. The molecule has 0 aromatic carbocycles. The summed E-state index contributed by atoms with van der Waals surface area (Å²) in [6.45, 7) is 8.91. The van der Waals surface area contributed by atoms with Crippen molar-refractivity contribution >= 4 is 23.6 Å². The molecule has 0 saturated carbocycles. The number of carbonyl (C=O) groups excluding carboxylic acids is 2. The molecule has 0 N–H and O–H groups in total. The van der Waals surface area contributed by atoms with Gasteiger partial charge in [0, 0.05) is 19.6 Å². The third-order valence-corrected chi connectivity index (χ3v) is 5.27. The van der Waals surface area contributed by atoms with Crippen LogP contribution in [0.5, 0.6) is 0 Å². The van der Waals surface area contributed by atoms with Crippen molar-refractivity contribution < 1.29 is 14.3 Å². The van der Waals surface area contributed by atoms with Gasteiger partial charge in [-0.1, -0.05) is 0 Å². The van der Waals surface area contributed by atoms with Gasteiger partial charge in [0.1, 0.15) is 5.60 Å². The largest absolute Gasteiger partial charge is 0.459 e. The molecule has 22 heavy (non-hydrogen) atoms. The molecule has 6 heteroatoms. The molecule has 1 atom stereocenters. The lowest BCUT2D eigenvalue weighted by Gasteiger charge is -2.48. The summed E-state index contributed by atoms with van der Waals surface area (Å²) in [5.41, 5.74) is -0.464. The Hall–Kier alpha value is -0.750. The van der Waals surface area contributed by atoms with Crippen LogP contribution < -0.4 is 0 Å². The molecule has 1 unspecified atom stereocenters. The lowest BCUT2D eigenvalue weighted by Crippen LogP contribution is -2.57. The summed E-state index contributed by atoms with van der Waals surface area (Å²) in [6, 6.07) is 0.345. The van der Waals surface area contributed by atoms with E-state index in [4.69, 9.17) is 4.74 Å². The highest BCUT2D eigenvalue weighted by Gasteiger charge is 2.37. The van der Waals surface area contributed by atoms with E-state index in [1.54, 1.807) is 0 Å². The van der Waals surface area contributed by atoms with Crippen LogP contribution in [0.3, 0.4) is 0 Å². The van der Waals surface area contributed by atoms with Crippen molar-refractivity contribution in [2.45, 2.75) is 45.3 Å². The molecular formula is C16H28N2O3S. The van der Waals surface area contributed by atoms with E-state index in [-0.39, 0.29) is 17.6 Å². The van der Waals surface area contributed by atoms with Gasteiger partial charge in [-0.05, 0) is 52.6 Å². The first-order chi connectivity index (χ1) is 10.3. The van der Waals surface area contributed by atoms with E-state index in [9.17, 15) is 9.59 Å². The van der Waals surface area contributed by atoms with E-state index in [1.807, 2.05) is 32.7 Å². The van der Waals surface area contributed by atoms with Gasteiger partial charge >= 0.3 is 5.97 Å². The quantitative estimate of drug-likeness (QED) is 0.718. The van der Waals surface area contributed by atoms with Crippen LogP contribution in [0.4, 0.5) is 0 Å². The fraction of sp³-hybridized carbons (Fsp3) is 0.875. The van der Waals surface area contributed by atoms with E-state index >= 15 is 0 Å². The Bertz CT molecular complexity index is 414. The standard InChI is InChI=1S/C16H28N2O3S/c1-16(2,3)21-15(20)11-22-10-14(19)17(4)13-9-18-7-5-12(13)6-8-18/h12-13H,5-11H2,1-4H3. The number of carbonyl (C=O) groups is 2. The Morgan fingerprint density at radius 2 is 1.86 bits per heavy atom. The summed E-state index contributed by atoms with van der Waals surface area (Å²) < 4.78 is 5.25. The molecule has 3 aliphatic rings. The molecule has 0 aromatic heterocycles. The number of piperidine rings is 3. The van der Waals surface area contributed by atoms with Gasteiger partial charge in [-0.25, -0.2) is 0 Å². The minimum Gasteiger partial charge on any atom is -0.459 e. The molecular weight excluding hydrogens is 300 g/mol. The zero-order chi connectivity index (χ0) is 16.3. The van der Waals surface area contributed by atoms with Crippen molar-refractivity contribution in [1.82, 2.24) is 9.80 Å². The Morgan fingerprint density at radius 3 is 2.36 bits per heavy atom. The first kappa shape index (κ1) is 17.6. The maximum Gasteiger partial charge on any atom is 0.316 e. The lowest BCUT2D eigenvalue weighted by atomic mass is 9.83. The number of amides is 1. The maximum absolute atomic E-state index is 12.3. The lowest BCUT2D eigenvalue weighted by molar-refractivity contribution is -0.151. The number of thioether (sulfide) groups is 1. The van der Waals surface area contributed by atoms with Gasteiger partial charge in [0.25, 0.3) is 0 Å². The molecule has 126 valence electrons. The second kappa shape index (κ2) is 7.21. The first-order valence-corrected chi connectivity index (χ1v) is 9.19. The third kappa shape index (κ3) is 4.88. The summed E-state index contributed by atoms with van der Waals surface area (Å²) in [6.07, 6.45) is 2.40. The van der Waals surface area contributed by atoms with Crippen LogP contribution in [0.1, 0.15) is 33.6 Å². The summed E-state index contributed by atoms with van der Waals surface area (Å²) in [4.78, 5) is 28.3. The van der Waals surface area contributed by atoms with E-state index in [0.717, 1.165) is 6.54 Å². The second-order valence-corrected chi connectivity index (χ2v) is 8.27. The summed E-state index contributed by atoms with van der Waals surface area (Å²) in [5.74, 6) is 1.09. The van der Waals surface area contributed by atoms with Crippen LogP contribution in [0.2, 0.25) is 0 Å². The zero-order valence-electron chi connectivity index (χ0n) is 14.1.